The Labute approximate surface area is 206 Å². The second-order valence-electron chi connectivity index (χ2n) is 8.99. The van der Waals surface area contributed by atoms with Crippen LogP contribution >= 0.6 is 11.3 Å². The van der Waals surface area contributed by atoms with Crippen molar-refractivity contribution in [2.45, 2.75) is 45.8 Å². The van der Waals surface area contributed by atoms with Gasteiger partial charge in [-0.2, -0.15) is 4.80 Å². The van der Waals surface area contributed by atoms with Crippen LogP contribution in [0.25, 0.3) is 10.7 Å². The van der Waals surface area contributed by atoms with Gasteiger partial charge in [0.05, 0.1) is 4.88 Å². The van der Waals surface area contributed by atoms with E-state index < -0.39 is 23.4 Å². The van der Waals surface area contributed by atoms with E-state index in [4.69, 9.17) is 4.42 Å². The standard InChI is InChI=1S/C24H26N6O4S/c1-15-10-11-18(34-15)21(23(33)25-24(2,3)4)30(16-7-5-8-17(31)13-16)20(32)14-29-27-22(26-28-29)19-9-6-12-35-19/h5-13,21,31H,14H2,1-4H3,(H,25,33). The molecule has 3 heterocycles. The van der Waals surface area contributed by atoms with E-state index in [0.717, 1.165) is 4.88 Å². The first-order valence-electron chi connectivity index (χ1n) is 10.9. The molecule has 0 aliphatic rings. The number of furan rings is 1. The summed E-state index contributed by atoms with van der Waals surface area (Å²) in [5, 5.41) is 27.3. The molecule has 0 aliphatic heterocycles. The topological polar surface area (TPSA) is 126 Å². The van der Waals surface area contributed by atoms with Gasteiger partial charge in [0.2, 0.25) is 5.82 Å². The quantitative estimate of drug-likeness (QED) is 0.401. The molecule has 1 aromatic carbocycles. The Kier molecular flexibility index (Phi) is 6.70. The number of carbonyl (C=O) groups is 2. The highest BCUT2D eigenvalue weighted by Gasteiger charge is 2.37. The van der Waals surface area contributed by atoms with Gasteiger partial charge in [-0.3, -0.25) is 14.5 Å². The number of thiophene rings is 1. The van der Waals surface area contributed by atoms with E-state index >= 15 is 0 Å². The van der Waals surface area contributed by atoms with Crippen molar-refractivity contribution in [3.05, 3.63) is 65.4 Å². The van der Waals surface area contributed by atoms with Crippen molar-refractivity contribution < 1.29 is 19.1 Å². The van der Waals surface area contributed by atoms with Crippen molar-refractivity contribution in [1.29, 1.82) is 0 Å². The molecule has 0 aliphatic carbocycles. The van der Waals surface area contributed by atoms with E-state index in [2.05, 4.69) is 20.7 Å². The van der Waals surface area contributed by atoms with E-state index in [9.17, 15) is 14.7 Å². The number of aromatic nitrogens is 4. The Bertz CT molecular complexity index is 1320. The maximum atomic E-state index is 13.7. The van der Waals surface area contributed by atoms with Gasteiger partial charge in [0.1, 0.15) is 23.8 Å². The number of benzene rings is 1. The van der Waals surface area contributed by atoms with E-state index in [1.54, 1.807) is 31.2 Å². The van der Waals surface area contributed by atoms with Crippen molar-refractivity contribution in [3.63, 3.8) is 0 Å². The summed E-state index contributed by atoms with van der Waals surface area (Å²) < 4.78 is 5.80. The minimum atomic E-state index is -1.14. The molecule has 1 unspecified atom stereocenters. The third-order valence-electron chi connectivity index (χ3n) is 4.88. The van der Waals surface area contributed by atoms with Crippen LogP contribution in [0.5, 0.6) is 5.75 Å². The summed E-state index contributed by atoms with van der Waals surface area (Å²) in [5.74, 6) is 0.301. The smallest absolute Gasteiger partial charge is 0.251 e. The number of tetrazole rings is 1. The molecule has 4 aromatic rings. The molecular weight excluding hydrogens is 468 g/mol. The van der Waals surface area contributed by atoms with Crippen LogP contribution in [-0.4, -0.2) is 42.7 Å². The Morgan fingerprint density at radius 3 is 2.63 bits per heavy atom. The zero-order valence-corrected chi connectivity index (χ0v) is 20.6. The number of hydrogen-bond acceptors (Lipinski definition) is 8. The van der Waals surface area contributed by atoms with Gasteiger partial charge in [-0.05, 0) is 68.6 Å². The normalized spacial score (nSPS) is 12.3. The lowest BCUT2D eigenvalue weighted by molar-refractivity contribution is -0.128. The van der Waals surface area contributed by atoms with Crippen LogP contribution in [0.2, 0.25) is 0 Å². The van der Waals surface area contributed by atoms with Gasteiger partial charge in [-0.15, -0.1) is 21.5 Å². The summed E-state index contributed by atoms with van der Waals surface area (Å²) >= 11 is 1.46. The van der Waals surface area contributed by atoms with Crippen molar-refractivity contribution in [2.75, 3.05) is 4.90 Å². The number of nitrogens with one attached hydrogen (secondary N) is 1. The first-order valence-corrected chi connectivity index (χ1v) is 11.8. The second-order valence-corrected chi connectivity index (χ2v) is 9.94. The van der Waals surface area contributed by atoms with Crippen molar-refractivity contribution in [3.8, 4) is 16.5 Å². The Morgan fingerprint density at radius 2 is 2.00 bits per heavy atom. The number of nitrogens with zero attached hydrogens (tertiary/aromatic N) is 5. The molecule has 3 aromatic heterocycles. The fourth-order valence-corrected chi connectivity index (χ4v) is 4.15. The zero-order valence-electron chi connectivity index (χ0n) is 19.8. The fourth-order valence-electron chi connectivity index (χ4n) is 3.50. The van der Waals surface area contributed by atoms with E-state index in [0.29, 0.717) is 17.3 Å². The molecule has 11 heteroatoms. The number of anilines is 1. The molecule has 0 bridgehead atoms. The Balaban J connectivity index is 1.74. The SMILES string of the molecule is Cc1ccc(C(C(=O)NC(C)(C)C)N(C(=O)Cn2nnc(-c3cccs3)n2)c2cccc(O)c2)o1. The monoisotopic (exact) mass is 494 g/mol. The fraction of sp³-hybridized carbons (Fsp3) is 0.292. The van der Waals surface area contributed by atoms with E-state index in [1.807, 2.05) is 38.3 Å². The van der Waals surface area contributed by atoms with Gasteiger partial charge in [-0.1, -0.05) is 12.1 Å². The van der Waals surface area contributed by atoms with E-state index in [1.165, 1.54) is 33.2 Å². The minimum absolute atomic E-state index is 0.0511. The lowest BCUT2D eigenvalue weighted by Crippen LogP contribution is -2.50. The van der Waals surface area contributed by atoms with Crippen LogP contribution in [0.15, 0.2) is 58.3 Å². The summed E-state index contributed by atoms with van der Waals surface area (Å²) in [5.41, 5.74) is -0.246. The number of hydrogen-bond donors (Lipinski definition) is 2. The molecule has 182 valence electrons. The van der Waals surface area contributed by atoms with Gasteiger partial charge in [-0.25, -0.2) is 0 Å². The minimum Gasteiger partial charge on any atom is -0.508 e. The molecule has 2 N–H and O–H groups in total. The highest BCUT2D eigenvalue weighted by Crippen LogP contribution is 2.32. The molecule has 0 radical (unpaired) electrons. The first-order chi connectivity index (χ1) is 16.6. The Hall–Kier alpha value is -3.99. The van der Waals surface area contributed by atoms with Crippen LogP contribution in [0, 0.1) is 6.92 Å². The molecule has 2 amide bonds. The first kappa shape index (κ1) is 24.1. The third-order valence-corrected chi connectivity index (χ3v) is 5.75. The molecule has 1 atom stereocenters. The van der Waals surface area contributed by atoms with Gasteiger partial charge < -0.3 is 14.8 Å². The summed E-state index contributed by atoms with van der Waals surface area (Å²) in [4.78, 5) is 30.5. The summed E-state index contributed by atoms with van der Waals surface area (Å²) in [6.45, 7) is 7.02. The van der Waals surface area contributed by atoms with Gasteiger partial charge >= 0.3 is 0 Å². The van der Waals surface area contributed by atoms with E-state index in [-0.39, 0.29) is 18.1 Å². The number of carbonyl (C=O) groups excluding carboxylic acids is 2. The summed E-state index contributed by atoms with van der Waals surface area (Å²) in [6.07, 6.45) is 0. The largest absolute Gasteiger partial charge is 0.508 e. The molecule has 0 spiro atoms. The number of aromatic hydroxyl groups is 1. The summed E-state index contributed by atoms with van der Waals surface area (Å²) in [7, 11) is 0. The molecular formula is C24H26N6O4S. The average molecular weight is 495 g/mol. The molecule has 0 fully saturated rings. The number of rotatable bonds is 7. The number of amides is 2. The van der Waals surface area contributed by atoms with Gasteiger partial charge in [0.25, 0.3) is 11.8 Å². The van der Waals surface area contributed by atoms with Crippen molar-refractivity contribution >= 4 is 28.8 Å². The number of phenolic OH excluding ortho intramolecular Hbond substituents is 1. The summed E-state index contributed by atoms with van der Waals surface area (Å²) in [6, 6.07) is 12.1. The lowest BCUT2D eigenvalue weighted by atomic mass is 10.1. The second kappa shape index (κ2) is 9.71. The predicted octanol–water partition coefficient (Wildman–Crippen LogP) is 3.70. The number of phenols is 1. The highest BCUT2D eigenvalue weighted by atomic mass is 32.1. The maximum absolute atomic E-state index is 13.7. The molecule has 10 nitrogen and oxygen atoms in total. The van der Waals surface area contributed by atoms with Crippen LogP contribution in [-0.2, 0) is 16.1 Å². The van der Waals surface area contributed by atoms with Crippen LogP contribution in [0.1, 0.15) is 38.3 Å². The van der Waals surface area contributed by atoms with Crippen LogP contribution in [0.4, 0.5) is 5.69 Å². The van der Waals surface area contributed by atoms with Crippen molar-refractivity contribution in [1.82, 2.24) is 25.5 Å². The van der Waals surface area contributed by atoms with Crippen LogP contribution in [0.3, 0.4) is 0 Å². The zero-order chi connectivity index (χ0) is 25.2. The average Bonchev–Trinajstić information content (AvgIpc) is 3.52. The lowest BCUT2D eigenvalue weighted by Gasteiger charge is -2.32. The molecule has 4 rings (SSSR count). The molecule has 0 saturated heterocycles. The van der Waals surface area contributed by atoms with Crippen molar-refractivity contribution in [2.24, 2.45) is 0 Å². The predicted molar refractivity (Wildman–Crippen MR) is 131 cm³/mol. The van der Waals surface area contributed by atoms with Gasteiger partial charge in [0.15, 0.2) is 6.04 Å². The maximum Gasteiger partial charge on any atom is 0.251 e. The van der Waals surface area contributed by atoms with Crippen LogP contribution < -0.4 is 10.2 Å². The molecule has 0 saturated carbocycles. The highest BCUT2D eigenvalue weighted by molar-refractivity contribution is 7.13. The third kappa shape index (κ3) is 5.75. The number of aryl methyl sites for hydroxylation is 1. The molecule has 35 heavy (non-hydrogen) atoms. The van der Waals surface area contributed by atoms with Gasteiger partial charge in [0, 0.05) is 17.3 Å². The Morgan fingerprint density at radius 1 is 1.20 bits per heavy atom.